The van der Waals surface area contributed by atoms with Gasteiger partial charge in [0.2, 0.25) is 0 Å². The van der Waals surface area contributed by atoms with Crippen molar-refractivity contribution in [2.75, 3.05) is 19.5 Å². The number of carbonyl (C=O) groups is 1. The van der Waals surface area contributed by atoms with Crippen LogP contribution in [0.1, 0.15) is 10.4 Å². The van der Waals surface area contributed by atoms with Gasteiger partial charge in [-0.25, -0.2) is 0 Å². The van der Waals surface area contributed by atoms with Crippen LogP contribution in [0.25, 0.3) is 0 Å². The average Bonchev–Trinajstić information content (AvgIpc) is 2.48. The number of amides is 1. The zero-order valence-corrected chi connectivity index (χ0v) is 11.9. The quantitative estimate of drug-likeness (QED) is 0.942. The summed E-state index contributed by atoms with van der Waals surface area (Å²) in [6.07, 6.45) is 3.13. The summed E-state index contributed by atoms with van der Waals surface area (Å²) in [5.41, 5.74) is 1.09. The minimum absolute atomic E-state index is 0. The summed E-state index contributed by atoms with van der Waals surface area (Å²) >= 11 is 0. The Hall–Kier alpha value is -2.27. The van der Waals surface area contributed by atoms with Gasteiger partial charge in [-0.2, -0.15) is 0 Å². The maximum Gasteiger partial charge on any atom is 0.255 e. The van der Waals surface area contributed by atoms with Crippen LogP contribution in [0, 0.1) is 0 Å². The first-order valence-electron chi connectivity index (χ1n) is 5.68. The third kappa shape index (κ3) is 3.61. The Morgan fingerprint density at radius 3 is 2.40 bits per heavy atom. The van der Waals surface area contributed by atoms with Crippen LogP contribution in [0.5, 0.6) is 11.5 Å². The van der Waals surface area contributed by atoms with E-state index in [0.717, 1.165) is 0 Å². The number of pyridine rings is 1. The SMILES string of the molecule is COc1ccc(OC)c(NC(=O)c2ccncc2)c1.Cl. The normalized spacial score (nSPS) is 9.30. The molecule has 0 saturated carbocycles. The van der Waals surface area contributed by atoms with Gasteiger partial charge in [-0.15, -0.1) is 12.4 Å². The topological polar surface area (TPSA) is 60.5 Å². The van der Waals surface area contributed by atoms with Crippen LogP contribution in [-0.2, 0) is 0 Å². The molecule has 2 rings (SSSR count). The first-order valence-corrected chi connectivity index (χ1v) is 5.68. The van der Waals surface area contributed by atoms with Crippen molar-refractivity contribution < 1.29 is 14.3 Å². The van der Waals surface area contributed by atoms with Crippen LogP contribution in [0.3, 0.4) is 0 Å². The maximum absolute atomic E-state index is 12.0. The van der Waals surface area contributed by atoms with E-state index in [2.05, 4.69) is 10.3 Å². The van der Waals surface area contributed by atoms with Gasteiger partial charge in [-0.05, 0) is 24.3 Å². The number of anilines is 1. The monoisotopic (exact) mass is 294 g/mol. The van der Waals surface area contributed by atoms with E-state index in [-0.39, 0.29) is 18.3 Å². The number of hydrogen-bond acceptors (Lipinski definition) is 4. The highest BCUT2D eigenvalue weighted by Crippen LogP contribution is 2.29. The van der Waals surface area contributed by atoms with Crippen molar-refractivity contribution in [3.63, 3.8) is 0 Å². The zero-order valence-electron chi connectivity index (χ0n) is 11.1. The number of nitrogens with zero attached hydrogens (tertiary/aromatic N) is 1. The van der Waals surface area contributed by atoms with E-state index >= 15 is 0 Å². The summed E-state index contributed by atoms with van der Waals surface area (Å²) < 4.78 is 10.3. The third-order valence-electron chi connectivity index (χ3n) is 2.60. The smallest absolute Gasteiger partial charge is 0.255 e. The number of nitrogens with one attached hydrogen (secondary N) is 1. The van der Waals surface area contributed by atoms with Gasteiger partial charge in [0.25, 0.3) is 5.91 Å². The molecule has 6 heteroatoms. The van der Waals surface area contributed by atoms with Gasteiger partial charge in [0, 0.05) is 24.0 Å². The zero-order chi connectivity index (χ0) is 13.7. The van der Waals surface area contributed by atoms with E-state index in [1.807, 2.05) is 0 Å². The molecule has 0 fully saturated rings. The van der Waals surface area contributed by atoms with E-state index in [9.17, 15) is 4.79 Å². The fourth-order valence-corrected chi connectivity index (χ4v) is 1.61. The van der Waals surface area contributed by atoms with Crippen molar-refractivity contribution in [2.45, 2.75) is 0 Å². The second-order valence-electron chi connectivity index (χ2n) is 3.76. The Morgan fingerprint density at radius 2 is 1.80 bits per heavy atom. The average molecular weight is 295 g/mol. The first kappa shape index (κ1) is 15.8. The van der Waals surface area contributed by atoms with Crippen LogP contribution >= 0.6 is 12.4 Å². The number of methoxy groups -OCH3 is 2. The molecular weight excluding hydrogens is 280 g/mol. The van der Waals surface area contributed by atoms with Gasteiger partial charge in [0.1, 0.15) is 11.5 Å². The molecule has 0 unspecified atom stereocenters. The predicted octanol–water partition coefficient (Wildman–Crippen LogP) is 2.77. The highest BCUT2D eigenvalue weighted by Gasteiger charge is 2.10. The summed E-state index contributed by atoms with van der Waals surface area (Å²) in [5.74, 6) is 0.989. The Kier molecular flexibility index (Phi) is 5.80. The highest BCUT2D eigenvalue weighted by molar-refractivity contribution is 6.05. The molecule has 0 aliphatic carbocycles. The van der Waals surface area contributed by atoms with E-state index in [0.29, 0.717) is 22.7 Å². The lowest BCUT2D eigenvalue weighted by atomic mass is 10.2. The molecule has 0 aliphatic rings. The van der Waals surface area contributed by atoms with Crippen molar-refractivity contribution in [1.29, 1.82) is 0 Å². The van der Waals surface area contributed by atoms with Gasteiger partial charge < -0.3 is 14.8 Å². The molecule has 1 aromatic carbocycles. The molecular formula is C14H15ClN2O3. The lowest BCUT2D eigenvalue weighted by Crippen LogP contribution is -2.12. The molecule has 106 valence electrons. The first-order chi connectivity index (χ1) is 9.24. The van der Waals surface area contributed by atoms with Crippen molar-refractivity contribution in [3.8, 4) is 11.5 Å². The molecule has 0 radical (unpaired) electrons. The minimum atomic E-state index is -0.228. The molecule has 0 aliphatic heterocycles. The lowest BCUT2D eigenvalue weighted by molar-refractivity contribution is 0.102. The Balaban J connectivity index is 0.00000200. The molecule has 1 N–H and O–H groups in total. The van der Waals surface area contributed by atoms with Gasteiger partial charge >= 0.3 is 0 Å². The number of halogens is 1. The van der Waals surface area contributed by atoms with Gasteiger partial charge in [0.05, 0.1) is 19.9 Å². The van der Waals surface area contributed by atoms with Crippen LogP contribution in [0.15, 0.2) is 42.7 Å². The van der Waals surface area contributed by atoms with E-state index in [1.54, 1.807) is 56.9 Å². The largest absolute Gasteiger partial charge is 0.497 e. The fraction of sp³-hybridized carbons (Fsp3) is 0.143. The Labute approximate surface area is 123 Å². The fourth-order valence-electron chi connectivity index (χ4n) is 1.61. The van der Waals surface area contributed by atoms with E-state index in [4.69, 9.17) is 9.47 Å². The van der Waals surface area contributed by atoms with Crippen LogP contribution < -0.4 is 14.8 Å². The molecule has 5 nitrogen and oxygen atoms in total. The molecule has 0 atom stereocenters. The second kappa shape index (κ2) is 7.35. The van der Waals surface area contributed by atoms with Gasteiger partial charge in [-0.3, -0.25) is 9.78 Å². The number of ether oxygens (including phenoxy) is 2. The van der Waals surface area contributed by atoms with E-state index < -0.39 is 0 Å². The van der Waals surface area contributed by atoms with Gasteiger partial charge in [0.15, 0.2) is 0 Å². The molecule has 20 heavy (non-hydrogen) atoms. The van der Waals surface area contributed by atoms with Crippen LogP contribution in [0.2, 0.25) is 0 Å². The summed E-state index contributed by atoms with van der Waals surface area (Å²) in [6.45, 7) is 0. The summed E-state index contributed by atoms with van der Waals surface area (Å²) in [6, 6.07) is 8.49. The molecule has 1 aromatic heterocycles. The third-order valence-corrected chi connectivity index (χ3v) is 2.60. The predicted molar refractivity (Wildman–Crippen MR) is 79.0 cm³/mol. The number of rotatable bonds is 4. The summed E-state index contributed by atoms with van der Waals surface area (Å²) in [4.78, 5) is 15.9. The lowest BCUT2D eigenvalue weighted by Gasteiger charge is -2.11. The molecule has 1 heterocycles. The summed E-state index contributed by atoms with van der Waals surface area (Å²) in [7, 11) is 3.11. The molecule has 0 saturated heterocycles. The number of aromatic nitrogens is 1. The summed E-state index contributed by atoms with van der Waals surface area (Å²) in [5, 5.41) is 2.78. The maximum atomic E-state index is 12.0. The van der Waals surface area contributed by atoms with Crippen LogP contribution in [0.4, 0.5) is 5.69 Å². The minimum Gasteiger partial charge on any atom is -0.497 e. The Bertz CT molecular complexity index is 576. The standard InChI is InChI=1S/C14H14N2O3.ClH/c1-18-11-3-4-13(19-2)12(9-11)16-14(17)10-5-7-15-8-6-10;/h3-9H,1-2H3,(H,16,17);1H. The van der Waals surface area contributed by atoms with Crippen LogP contribution in [-0.4, -0.2) is 25.1 Å². The van der Waals surface area contributed by atoms with E-state index in [1.165, 1.54) is 0 Å². The molecule has 0 bridgehead atoms. The Morgan fingerprint density at radius 1 is 1.10 bits per heavy atom. The second-order valence-corrected chi connectivity index (χ2v) is 3.76. The van der Waals surface area contributed by atoms with Crippen molar-refractivity contribution >= 4 is 24.0 Å². The number of benzene rings is 1. The molecule has 2 aromatic rings. The highest BCUT2D eigenvalue weighted by atomic mass is 35.5. The van der Waals surface area contributed by atoms with Crippen molar-refractivity contribution in [2.24, 2.45) is 0 Å². The molecule has 0 spiro atoms. The number of carbonyl (C=O) groups excluding carboxylic acids is 1. The molecule has 1 amide bonds. The van der Waals surface area contributed by atoms with Crippen molar-refractivity contribution in [1.82, 2.24) is 4.98 Å². The van der Waals surface area contributed by atoms with Gasteiger partial charge in [-0.1, -0.05) is 0 Å². The number of hydrogen-bond donors (Lipinski definition) is 1. The van der Waals surface area contributed by atoms with Crippen molar-refractivity contribution in [3.05, 3.63) is 48.3 Å².